The lowest BCUT2D eigenvalue weighted by Crippen LogP contribution is -2.23. The fourth-order valence-electron chi connectivity index (χ4n) is 5.01. The molecule has 8 radical (unpaired) electrons. The van der Waals surface area contributed by atoms with Crippen LogP contribution in [-0.4, -0.2) is 213 Å². The average Bonchev–Trinajstić information content (AvgIpc) is 3.37. The van der Waals surface area contributed by atoms with E-state index in [1.54, 1.807) is 26.7 Å². The summed E-state index contributed by atoms with van der Waals surface area (Å²) >= 11 is 0. The number of carbonyl (C=O) groups excluding carboxylic acids is 1. The van der Waals surface area contributed by atoms with Crippen LogP contribution in [0.4, 0.5) is 0 Å². The van der Waals surface area contributed by atoms with Crippen molar-refractivity contribution in [1.29, 1.82) is 0 Å². The van der Waals surface area contributed by atoms with Gasteiger partial charge in [-0.05, 0) is 137 Å². The van der Waals surface area contributed by atoms with E-state index in [1.807, 2.05) is 76.5 Å². The van der Waals surface area contributed by atoms with E-state index in [4.69, 9.17) is 91.0 Å². The van der Waals surface area contributed by atoms with Crippen molar-refractivity contribution in [2.24, 2.45) is 5.41 Å². The molecule has 0 aliphatic heterocycles. The van der Waals surface area contributed by atoms with Crippen LogP contribution in [0.25, 0.3) is 0 Å². The minimum absolute atomic E-state index is 0.0192. The van der Waals surface area contributed by atoms with Gasteiger partial charge in [0, 0.05) is 120 Å². The molecule has 0 aliphatic carbocycles. The van der Waals surface area contributed by atoms with Gasteiger partial charge >= 0.3 is 21.2 Å². The van der Waals surface area contributed by atoms with Crippen molar-refractivity contribution >= 4 is 163 Å². The molecule has 4 N–H and O–H groups in total. The van der Waals surface area contributed by atoms with Gasteiger partial charge in [0.2, 0.25) is 0 Å². The largest absolute Gasteiger partial charge is 0.465 e. The first-order valence-electron chi connectivity index (χ1n) is 26.6. The van der Waals surface area contributed by atoms with E-state index in [1.165, 1.54) is 0 Å². The number of esters is 1. The molecule has 488 valence electrons. The second kappa shape index (κ2) is 63.4. The molecule has 0 aliphatic rings. The first-order chi connectivity index (χ1) is 38.5. The molecule has 15 atom stereocenters. The van der Waals surface area contributed by atoms with Gasteiger partial charge in [-0.3, -0.25) is 13.9 Å². The fourth-order valence-corrected chi connectivity index (χ4v) is 10.8. The number of hydrogen-bond donors (Lipinski definition) is 4. The standard InChI is InChI=1S/C11H27BO5P3.C9H18BO3P.C7H19BO3P3.C7H16BO3P.C5H15BO5P3.C4H12BO2P2/c1-9(2)16-20(13,17-10(3)4)8-14-6-5-11(12-18)7-15-19;1-9(2,3)8(11)12-5-4-7(10)6-13-14;1-14(2,9)6-10-4-3-7(8-12)5-11-13;1-12(2,10)6-11-4-3-7(8)5-9;7-14(8,9)4-10-2-1-5(6-12)3-11-13;6-2-1-4(5-8)3-7-9/h9-11H,5-8,18-19H2,1-4H3;7H,4-6,14H2,1-3H3;7H,3-6,12-13H2,1-2H3;7,9H,3-6H2,1-2H3;5H,1-4,12-13H2,(H2,7,8,9);4,6H,1-3,8-9H2. The summed E-state index contributed by atoms with van der Waals surface area (Å²) in [4.78, 5) is 28.3. The van der Waals surface area contributed by atoms with Crippen LogP contribution in [0.3, 0.4) is 0 Å². The van der Waals surface area contributed by atoms with E-state index in [9.17, 15) is 23.1 Å². The zero-order valence-electron chi connectivity index (χ0n) is 51.4. The van der Waals surface area contributed by atoms with Gasteiger partial charge in [0.05, 0.1) is 52.6 Å². The van der Waals surface area contributed by atoms with Gasteiger partial charge in [-0.15, -0.1) is 0 Å². The zero-order valence-corrected chi connectivity index (χ0v) is 65.3. The smallest absolute Gasteiger partial charge is 0.356 e. The van der Waals surface area contributed by atoms with E-state index < -0.39 is 41.2 Å². The molecule has 0 amide bonds. The van der Waals surface area contributed by atoms with E-state index >= 15 is 0 Å². The summed E-state index contributed by atoms with van der Waals surface area (Å²) in [5.74, 6) is 0.737. The highest BCUT2D eigenvalue weighted by Crippen LogP contribution is 2.50. The molecule has 0 aromatic heterocycles. The summed E-state index contributed by atoms with van der Waals surface area (Å²) in [6.07, 6.45) is 4.18. The van der Waals surface area contributed by atoms with Crippen LogP contribution in [0.5, 0.6) is 0 Å². The van der Waals surface area contributed by atoms with E-state index in [0.717, 1.165) is 19.3 Å². The number of aliphatic hydroxyl groups is 2. The molecule has 0 aromatic rings. The summed E-state index contributed by atoms with van der Waals surface area (Å²) in [5, 5.41) is 17.1. The number of rotatable bonds is 44. The second-order valence-corrected chi connectivity index (χ2v) is 34.4. The molecule has 0 heterocycles. The highest BCUT2D eigenvalue weighted by molar-refractivity contribution is 7.62. The van der Waals surface area contributed by atoms with Crippen LogP contribution in [0.2, 0.25) is 34.9 Å². The second-order valence-electron chi connectivity index (χ2n) is 20.9. The van der Waals surface area contributed by atoms with Crippen molar-refractivity contribution in [3.8, 4) is 0 Å². The predicted octanol–water partition coefficient (Wildman–Crippen LogP) is 9.27. The van der Waals surface area contributed by atoms with E-state index in [-0.39, 0.29) is 61.0 Å². The molecule has 15 unspecified atom stereocenters. The zero-order chi connectivity index (χ0) is 65.6. The lowest BCUT2D eigenvalue weighted by atomic mass is 9.84. The number of hydrogen-bond acceptors (Lipinski definition) is 19. The van der Waals surface area contributed by atoms with Gasteiger partial charge in [-0.25, -0.2) is 0 Å². The van der Waals surface area contributed by atoms with Crippen molar-refractivity contribution in [1.82, 2.24) is 0 Å². The predicted molar refractivity (Wildman–Crippen MR) is 381 cm³/mol. The molecule has 0 rings (SSSR count). The van der Waals surface area contributed by atoms with Gasteiger partial charge < -0.3 is 84.5 Å². The van der Waals surface area contributed by atoms with E-state index in [2.05, 4.69) is 83.8 Å². The van der Waals surface area contributed by atoms with Crippen LogP contribution >= 0.6 is 113 Å². The lowest BCUT2D eigenvalue weighted by Gasteiger charge is -2.23. The van der Waals surface area contributed by atoms with Crippen molar-refractivity contribution in [3.05, 3.63) is 0 Å². The van der Waals surface area contributed by atoms with Crippen molar-refractivity contribution < 1.29 is 98.4 Å². The molecule has 0 bridgehead atoms. The Labute approximate surface area is 529 Å². The number of aliphatic hydroxyl groups excluding tert-OH is 2. The Morgan fingerprint density at radius 1 is 0.494 bits per heavy atom. The highest BCUT2D eigenvalue weighted by Gasteiger charge is 2.28. The van der Waals surface area contributed by atoms with Gasteiger partial charge in [-0.1, -0.05) is 11.6 Å². The fraction of sp³-hybridized carbons (Fsp3) is 0.977. The highest BCUT2D eigenvalue weighted by atomic mass is 31.2. The molecule has 0 spiro atoms. The Balaban J connectivity index is -0.000000217. The van der Waals surface area contributed by atoms with Crippen LogP contribution in [0.1, 0.15) is 87.0 Å². The number of carbonyl (C=O) groups is 1. The Kier molecular flexibility index (Phi) is 75.0. The molecule has 0 aromatic carbocycles. The molecule has 40 heteroatoms. The Morgan fingerprint density at radius 2 is 0.807 bits per heavy atom. The van der Waals surface area contributed by atoms with E-state index in [0.29, 0.717) is 110 Å². The summed E-state index contributed by atoms with van der Waals surface area (Å²) in [7, 11) is 20.9. The third-order valence-corrected chi connectivity index (χ3v) is 16.5. The topological polar surface area (TPSA) is 277 Å². The first-order valence-corrected chi connectivity index (χ1v) is 40.7. The third kappa shape index (κ3) is 82.1. The van der Waals surface area contributed by atoms with Crippen LogP contribution in [0.15, 0.2) is 0 Å². The van der Waals surface area contributed by atoms with Gasteiger partial charge in [-0.2, -0.15) is 36.5 Å². The summed E-state index contributed by atoms with van der Waals surface area (Å²) in [5.41, 5.74) is -0.443. The average molecular weight is 1430 g/mol. The summed E-state index contributed by atoms with van der Waals surface area (Å²) in [6.45, 7) is 32.8. The maximum absolute atomic E-state index is 12.5. The molecule has 0 saturated carbocycles. The SMILES string of the molecule is CC(C)OP(=O)(COCCC([B]P)COP)OC(C)C.CP(C)(=O)COCCC([B]P)COP.O=P(O)(O)COCCC([B]P)COP.OCCC([B]P)COP.[B]C(CCOC(=O)C(C)(C)C)COP.[B]C(CO)CCOCP(C)(C)=O. The van der Waals surface area contributed by atoms with Crippen LogP contribution < -0.4 is 0 Å². The molecular weight excluding hydrogens is 1320 g/mol. The van der Waals surface area contributed by atoms with Crippen molar-refractivity contribution in [3.63, 3.8) is 0 Å². The summed E-state index contributed by atoms with van der Waals surface area (Å²) in [6, 6.07) is 0. The Hall–Kier alpha value is 4.05. The van der Waals surface area contributed by atoms with Crippen molar-refractivity contribution in [2.75, 3.05) is 131 Å². The molecule has 83 heavy (non-hydrogen) atoms. The molecule has 21 nitrogen and oxygen atoms in total. The van der Waals surface area contributed by atoms with Crippen LogP contribution in [-0.2, 0) is 78.4 Å². The quantitative estimate of drug-likeness (QED) is 0.0191. The Morgan fingerprint density at radius 3 is 1.08 bits per heavy atom. The minimum Gasteiger partial charge on any atom is -0.465 e. The molecular formula is C43H107B6O21P13. The van der Waals surface area contributed by atoms with Gasteiger partial charge in [0.15, 0.2) is 0 Å². The monoisotopic (exact) mass is 1430 g/mol. The van der Waals surface area contributed by atoms with Crippen LogP contribution in [0, 0.1) is 5.41 Å². The number of ether oxygens (including phenoxy) is 5. The van der Waals surface area contributed by atoms with Crippen molar-refractivity contribution in [2.45, 2.75) is 134 Å². The lowest BCUT2D eigenvalue weighted by molar-refractivity contribution is -0.153. The summed E-state index contributed by atoms with van der Waals surface area (Å²) < 4.78 is 106. The normalized spacial score (nSPS) is 14.0. The third-order valence-electron chi connectivity index (χ3n) is 9.30. The maximum Gasteiger partial charge on any atom is 0.356 e. The molecule has 0 fully saturated rings. The molecule has 0 saturated heterocycles. The Bertz CT molecular complexity index is 1580. The first kappa shape index (κ1) is 98.1. The van der Waals surface area contributed by atoms with Gasteiger partial charge in [0.1, 0.15) is 55.0 Å². The van der Waals surface area contributed by atoms with Gasteiger partial charge in [0.25, 0.3) is 0 Å². The minimum atomic E-state index is -4.02. The maximum atomic E-state index is 12.5.